The van der Waals surface area contributed by atoms with Gasteiger partial charge in [-0.15, -0.1) is 0 Å². The number of halogens is 3. The number of alkyl halides is 3. The van der Waals surface area contributed by atoms with Crippen LogP contribution in [0.4, 0.5) is 13.2 Å². The van der Waals surface area contributed by atoms with Crippen molar-refractivity contribution in [1.82, 2.24) is 5.06 Å². The molecular formula is C25H21F3N2O2. The fraction of sp³-hybridized carbons (Fsp3) is 0.200. The molecule has 32 heavy (non-hydrogen) atoms. The highest BCUT2D eigenvalue weighted by Gasteiger charge is 2.47. The Labute approximate surface area is 183 Å². The Morgan fingerprint density at radius 2 is 1.47 bits per heavy atom. The first-order valence-corrected chi connectivity index (χ1v) is 10.1. The summed E-state index contributed by atoms with van der Waals surface area (Å²) in [7, 11) is 0. The van der Waals surface area contributed by atoms with Crippen LogP contribution in [0, 0.1) is 6.92 Å². The Balaban J connectivity index is 1.80. The first kappa shape index (κ1) is 21.6. The summed E-state index contributed by atoms with van der Waals surface area (Å²) in [6.45, 7) is 1.92. The lowest BCUT2D eigenvalue weighted by molar-refractivity contribution is -0.230. The summed E-state index contributed by atoms with van der Waals surface area (Å²) in [6.07, 6.45) is -4.90. The molecule has 0 spiro atoms. The van der Waals surface area contributed by atoms with E-state index in [1.807, 2.05) is 67.6 Å². The summed E-state index contributed by atoms with van der Waals surface area (Å²) in [5.74, 6) is -2.01. The van der Waals surface area contributed by atoms with Crippen LogP contribution in [0.15, 0.2) is 89.9 Å². The molecule has 0 saturated heterocycles. The van der Waals surface area contributed by atoms with Crippen molar-refractivity contribution in [2.45, 2.75) is 31.6 Å². The standard InChI is InChI=1S/C25H21F3N2O2/c1-17-10-8-9-15-20(17)16-21-29-22(18-11-4-2-5-12-18)23(19-13-6-3-7-14-19)30(21)32-24(31)25(26,27)28/h2-15,22-23H,16H2,1H3. The van der Waals surface area contributed by atoms with Crippen LogP contribution in [0.1, 0.15) is 34.3 Å². The molecule has 7 heteroatoms. The van der Waals surface area contributed by atoms with Gasteiger partial charge in [0.1, 0.15) is 17.9 Å². The molecule has 0 fully saturated rings. The number of amidine groups is 1. The number of aryl methyl sites for hydroxylation is 1. The molecule has 0 bridgehead atoms. The molecule has 164 valence electrons. The molecular weight excluding hydrogens is 417 g/mol. The molecule has 4 nitrogen and oxygen atoms in total. The van der Waals surface area contributed by atoms with Gasteiger partial charge in [0.05, 0.1) is 0 Å². The van der Waals surface area contributed by atoms with E-state index in [2.05, 4.69) is 0 Å². The first-order chi connectivity index (χ1) is 15.3. The smallest absolute Gasteiger partial charge is 0.330 e. The second kappa shape index (κ2) is 8.86. The second-order valence-electron chi connectivity index (χ2n) is 7.56. The van der Waals surface area contributed by atoms with Gasteiger partial charge in [0, 0.05) is 6.42 Å². The Kier molecular flexibility index (Phi) is 5.99. The van der Waals surface area contributed by atoms with Crippen LogP contribution < -0.4 is 0 Å². The molecule has 2 atom stereocenters. The number of benzene rings is 3. The van der Waals surface area contributed by atoms with Crippen molar-refractivity contribution in [3.8, 4) is 0 Å². The van der Waals surface area contributed by atoms with Crippen LogP contribution in [-0.4, -0.2) is 23.0 Å². The van der Waals surface area contributed by atoms with Gasteiger partial charge in [0.15, 0.2) is 0 Å². The fourth-order valence-electron chi connectivity index (χ4n) is 3.80. The number of carbonyl (C=O) groups excluding carboxylic acids is 1. The van der Waals surface area contributed by atoms with E-state index in [0.717, 1.165) is 21.8 Å². The Bertz CT molecular complexity index is 1110. The summed E-state index contributed by atoms with van der Waals surface area (Å²) >= 11 is 0. The van der Waals surface area contributed by atoms with E-state index in [1.165, 1.54) is 0 Å². The number of nitrogens with zero attached hydrogens (tertiary/aromatic N) is 2. The number of hydroxylamine groups is 2. The van der Waals surface area contributed by atoms with Crippen molar-refractivity contribution in [2.75, 3.05) is 0 Å². The first-order valence-electron chi connectivity index (χ1n) is 10.1. The monoisotopic (exact) mass is 438 g/mol. The van der Waals surface area contributed by atoms with Gasteiger partial charge in [-0.3, -0.25) is 4.99 Å². The number of hydrogen-bond acceptors (Lipinski definition) is 4. The highest BCUT2D eigenvalue weighted by Crippen LogP contribution is 2.43. The zero-order valence-corrected chi connectivity index (χ0v) is 17.3. The molecule has 2 unspecified atom stereocenters. The zero-order chi connectivity index (χ0) is 22.7. The number of aliphatic imine (C=N–C) groups is 1. The Morgan fingerprint density at radius 1 is 0.906 bits per heavy atom. The van der Waals surface area contributed by atoms with Crippen molar-refractivity contribution in [3.63, 3.8) is 0 Å². The topological polar surface area (TPSA) is 41.9 Å². The minimum absolute atomic E-state index is 0.227. The van der Waals surface area contributed by atoms with E-state index >= 15 is 0 Å². The Morgan fingerprint density at radius 3 is 2.06 bits per heavy atom. The number of hydrogen-bond donors (Lipinski definition) is 0. The van der Waals surface area contributed by atoms with Crippen LogP contribution in [0.3, 0.4) is 0 Å². The van der Waals surface area contributed by atoms with E-state index < -0.39 is 24.2 Å². The minimum atomic E-state index is -5.13. The maximum atomic E-state index is 13.1. The molecule has 1 aliphatic rings. The largest absolute Gasteiger partial charge is 0.493 e. The molecule has 0 aliphatic carbocycles. The van der Waals surface area contributed by atoms with Crippen molar-refractivity contribution < 1.29 is 22.8 Å². The van der Waals surface area contributed by atoms with Gasteiger partial charge in [-0.05, 0) is 29.2 Å². The van der Waals surface area contributed by atoms with Gasteiger partial charge in [0.2, 0.25) is 0 Å². The third-order valence-electron chi connectivity index (χ3n) is 5.40. The van der Waals surface area contributed by atoms with Crippen LogP contribution in [-0.2, 0) is 16.1 Å². The predicted molar refractivity (Wildman–Crippen MR) is 115 cm³/mol. The van der Waals surface area contributed by atoms with Crippen LogP contribution in [0.5, 0.6) is 0 Å². The maximum Gasteiger partial charge on any atom is 0.493 e. The van der Waals surface area contributed by atoms with Gasteiger partial charge in [-0.25, -0.2) is 4.79 Å². The van der Waals surface area contributed by atoms with Gasteiger partial charge < -0.3 is 4.84 Å². The lowest BCUT2D eigenvalue weighted by Crippen LogP contribution is -2.39. The molecule has 0 amide bonds. The van der Waals surface area contributed by atoms with Crippen LogP contribution >= 0.6 is 0 Å². The minimum Gasteiger partial charge on any atom is -0.330 e. The van der Waals surface area contributed by atoms with E-state index in [4.69, 9.17) is 9.83 Å². The normalized spacial score (nSPS) is 18.4. The molecule has 3 aromatic carbocycles. The van der Waals surface area contributed by atoms with Crippen molar-refractivity contribution in [3.05, 3.63) is 107 Å². The molecule has 0 saturated carbocycles. The van der Waals surface area contributed by atoms with Crippen LogP contribution in [0.2, 0.25) is 0 Å². The molecule has 0 N–H and O–H groups in total. The molecule has 4 rings (SSSR count). The summed E-state index contributed by atoms with van der Waals surface area (Å²) < 4.78 is 39.4. The lowest BCUT2D eigenvalue weighted by Gasteiger charge is -2.29. The maximum absolute atomic E-state index is 13.1. The third kappa shape index (κ3) is 4.51. The van der Waals surface area contributed by atoms with Crippen LogP contribution in [0.25, 0.3) is 0 Å². The number of carbonyl (C=O) groups is 1. The molecule has 0 aromatic heterocycles. The summed E-state index contributed by atoms with van der Waals surface area (Å²) in [6, 6.07) is 24.5. The highest BCUT2D eigenvalue weighted by atomic mass is 19.4. The average Bonchev–Trinajstić information content (AvgIpc) is 3.14. The summed E-state index contributed by atoms with van der Waals surface area (Å²) in [5.41, 5.74) is 3.37. The summed E-state index contributed by atoms with van der Waals surface area (Å²) in [5, 5.41) is 1.04. The molecule has 1 heterocycles. The van der Waals surface area contributed by atoms with E-state index in [1.54, 1.807) is 24.3 Å². The quantitative estimate of drug-likeness (QED) is 0.509. The SMILES string of the molecule is Cc1ccccc1CC1=NC(c2ccccc2)C(c2ccccc2)N1OC(=O)C(F)(F)F. The fourth-order valence-corrected chi connectivity index (χ4v) is 3.80. The average molecular weight is 438 g/mol. The second-order valence-corrected chi connectivity index (χ2v) is 7.56. The van der Waals surface area contributed by atoms with Gasteiger partial charge in [-0.1, -0.05) is 84.9 Å². The van der Waals surface area contributed by atoms with E-state index in [9.17, 15) is 18.0 Å². The highest BCUT2D eigenvalue weighted by molar-refractivity contribution is 5.88. The predicted octanol–water partition coefficient (Wildman–Crippen LogP) is 5.75. The van der Waals surface area contributed by atoms with Gasteiger partial charge in [-0.2, -0.15) is 18.2 Å². The van der Waals surface area contributed by atoms with Gasteiger partial charge >= 0.3 is 12.1 Å². The van der Waals surface area contributed by atoms with Crippen molar-refractivity contribution >= 4 is 11.8 Å². The van der Waals surface area contributed by atoms with Gasteiger partial charge in [0.25, 0.3) is 0 Å². The number of rotatable bonds is 5. The molecule has 3 aromatic rings. The summed E-state index contributed by atoms with van der Waals surface area (Å²) in [4.78, 5) is 21.6. The molecule has 0 radical (unpaired) electrons. The van der Waals surface area contributed by atoms with E-state index in [0.29, 0.717) is 5.56 Å². The Hall–Kier alpha value is -3.61. The lowest BCUT2D eigenvalue weighted by atomic mass is 9.94. The van der Waals surface area contributed by atoms with Crippen molar-refractivity contribution in [2.24, 2.45) is 4.99 Å². The third-order valence-corrected chi connectivity index (χ3v) is 5.40. The van der Waals surface area contributed by atoms with Crippen molar-refractivity contribution in [1.29, 1.82) is 0 Å². The van der Waals surface area contributed by atoms with E-state index in [-0.39, 0.29) is 12.3 Å². The molecule has 1 aliphatic heterocycles. The zero-order valence-electron chi connectivity index (χ0n) is 17.3.